The van der Waals surface area contributed by atoms with Crippen molar-refractivity contribution in [2.75, 3.05) is 26.2 Å². The fourth-order valence-electron chi connectivity index (χ4n) is 2.16. The molecule has 4 heteroatoms. The molecular weight excluding hydrogens is 216 g/mol. The molecule has 17 heavy (non-hydrogen) atoms. The van der Waals surface area contributed by atoms with Crippen molar-refractivity contribution < 1.29 is 4.74 Å². The van der Waals surface area contributed by atoms with Gasteiger partial charge in [0.25, 0.3) is 5.56 Å². The van der Waals surface area contributed by atoms with Crippen molar-refractivity contribution in [3.05, 3.63) is 34.2 Å². The number of aromatic nitrogens is 1. The van der Waals surface area contributed by atoms with E-state index in [1.165, 1.54) is 0 Å². The summed E-state index contributed by atoms with van der Waals surface area (Å²) in [5.74, 6) is 0. The molecule has 1 atom stereocenters. The first-order chi connectivity index (χ1) is 8.19. The van der Waals surface area contributed by atoms with Crippen LogP contribution in [0.3, 0.4) is 0 Å². The molecule has 0 saturated carbocycles. The zero-order valence-corrected chi connectivity index (χ0v) is 10.6. The highest BCUT2D eigenvalue weighted by molar-refractivity contribution is 5.08. The van der Waals surface area contributed by atoms with Gasteiger partial charge in [0.1, 0.15) is 0 Å². The molecule has 1 unspecified atom stereocenters. The van der Waals surface area contributed by atoms with E-state index < -0.39 is 0 Å². The minimum atomic E-state index is 0.0576. The van der Waals surface area contributed by atoms with Crippen LogP contribution in [0.5, 0.6) is 0 Å². The van der Waals surface area contributed by atoms with Gasteiger partial charge in [-0.3, -0.25) is 9.69 Å². The van der Waals surface area contributed by atoms with E-state index in [4.69, 9.17) is 4.74 Å². The van der Waals surface area contributed by atoms with Gasteiger partial charge in [0.05, 0.1) is 19.3 Å². The summed E-state index contributed by atoms with van der Waals surface area (Å²) >= 11 is 0. The first kappa shape index (κ1) is 12.3. The Balaban J connectivity index is 2.02. The predicted molar refractivity (Wildman–Crippen MR) is 67.3 cm³/mol. The summed E-state index contributed by atoms with van der Waals surface area (Å²) in [7, 11) is 0. The fraction of sp³-hybridized carbons (Fsp3) is 0.615. The lowest BCUT2D eigenvalue weighted by atomic mass is 10.2. The highest BCUT2D eigenvalue weighted by Crippen LogP contribution is 2.06. The van der Waals surface area contributed by atoms with Crippen molar-refractivity contribution in [1.82, 2.24) is 9.47 Å². The highest BCUT2D eigenvalue weighted by Gasteiger charge is 2.19. The van der Waals surface area contributed by atoms with Gasteiger partial charge in [0, 0.05) is 25.4 Å². The van der Waals surface area contributed by atoms with Crippen molar-refractivity contribution in [1.29, 1.82) is 0 Å². The third-order valence-electron chi connectivity index (χ3n) is 3.22. The van der Waals surface area contributed by atoms with Crippen molar-refractivity contribution in [2.45, 2.75) is 26.5 Å². The molecule has 4 nitrogen and oxygen atoms in total. The number of morpholine rings is 1. The summed E-state index contributed by atoms with van der Waals surface area (Å²) < 4.78 is 7.43. The van der Waals surface area contributed by atoms with E-state index >= 15 is 0 Å². The summed E-state index contributed by atoms with van der Waals surface area (Å²) in [6.45, 7) is 8.45. The third kappa shape index (κ3) is 3.17. The summed E-state index contributed by atoms with van der Waals surface area (Å²) in [4.78, 5) is 14.1. The lowest BCUT2D eigenvalue weighted by molar-refractivity contribution is -0.0347. The van der Waals surface area contributed by atoms with Crippen molar-refractivity contribution in [2.24, 2.45) is 0 Å². The lowest BCUT2D eigenvalue weighted by Gasteiger charge is -2.32. The maximum atomic E-state index is 11.8. The monoisotopic (exact) mass is 236 g/mol. The number of hydrogen-bond donors (Lipinski definition) is 0. The Morgan fingerprint density at radius 3 is 3.06 bits per heavy atom. The molecule has 0 bridgehead atoms. The molecule has 0 aromatic carbocycles. The van der Waals surface area contributed by atoms with Gasteiger partial charge in [0.2, 0.25) is 0 Å². The number of ether oxygens (including phenoxy) is 1. The minimum Gasteiger partial charge on any atom is -0.374 e. The highest BCUT2D eigenvalue weighted by atomic mass is 16.5. The van der Waals surface area contributed by atoms with Crippen LogP contribution in [0, 0.1) is 6.92 Å². The van der Waals surface area contributed by atoms with Crippen LogP contribution in [0.15, 0.2) is 23.1 Å². The molecule has 2 rings (SSSR count). The maximum absolute atomic E-state index is 11.8. The van der Waals surface area contributed by atoms with E-state index in [-0.39, 0.29) is 11.7 Å². The summed E-state index contributed by atoms with van der Waals surface area (Å²) in [5.41, 5.74) is 1.06. The molecule has 2 heterocycles. The Morgan fingerprint density at radius 2 is 2.35 bits per heavy atom. The molecule has 1 aromatic rings. The molecule has 1 aliphatic heterocycles. The van der Waals surface area contributed by atoms with E-state index in [0.717, 1.165) is 31.8 Å². The fourth-order valence-corrected chi connectivity index (χ4v) is 2.16. The first-order valence-corrected chi connectivity index (χ1v) is 6.20. The molecule has 94 valence electrons. The van der Waals surface area contributed by atoms with Crippen LogP contribution in [-0.4, -0.2) is 41.8 Å². The van der Waals surface area contributed by atoms with Gasteiger partial charge in [-0.25, -0.2) is 0 Å². The number of hydrogen-bond acceptors (Lipinski definition) is 3. The van der Waals surface area contributed by atoms with Gasteiger partial charge in [-0.1, -0.05) is 6.92 Å². The van der Waals surface area contributed by atoms with E-state index in [1.807, 2.05) is 19.2 Å². The first-order valence-electron chi connectivity index (χ1n) is 6.20. The predicted octanol–water partition coefficient (Wildman–Crippen LogP) is 0.877. The summed E-state index contributed by atoms with van der Waals surface area (Å²) in [6, 6.07) is 3.63. The standard InChI is InChI=1S/C13H20N2O2/c1-3-14-6-7-17-12(9-14)10-15-5-4-11(2)8-13(15)16/h4-5,8,12H,3,6-7,9-10H2,1-2H3. The molecular formula is C13H20N2O2. The van der Waals surface area contributed by atoms with Crippen LogP contribution in [0.25, 0.3) is 0 Å². The van der Waals surface area contributed by atoms with Crippen LogP contribution < -0.4 is 5.56 Å². The van der Waals surface area contributed by atoms with Crippen LogP contribution in [0.4, 0.5) is 0 Å². The zero-order chi connectivity index (χ0) is 12.3. The molecule has 1 saturated heterocycles. The Morgan fingerprint density at radius 1 is 1.53 bits per heavy atom. The molecule has 0 aliphatic carbocycles. The Hall–Kier alpha value is -1.13. The Kier molecular flexibility index (Phi) is 3.97. The molecule has 1 aromatic heterocycles. The molecule has 1 fully saturated rings. The average Bonchev–Trinajstić information content (AvgIpc) is 2.33. The van der Waals surface area contributed by atoms with Crippen LogP contribution in [0.2, 0.25) is 0 Å². The summed E-state index contributed by atoms with van der Waals surface area (Å²) in [6.07, 6.45) is 1.98. The molecule has 1 aliphatic rings. The minimum absolute atomic E-state index is 0.0576. The summed E-state index contributed by atoms with van der Waals surface area (Å²) in [5, 5.41) is 0. The molecule has 0 spiro atoms. The molecule has 0 amide bonds. The van der Waals surface area contributed by atoms with Gasteiger partial charge < -0.3 is 9.30 Å². The number of likely N-dealkylation sites (N-methyl/N-ethyl adjacent to an activating group) is 1. The number of rotatable bonds is 3. The Labute approximate surface area is 102 Å². The SMILES string of the molecule is CCN1CCOC(Cn2ccc(C)cc2=O)C1. The van der Waals surface area contributed by atoms with E-state index in [9.17, 15) is 4.79 Å². The number of aryl methyl sites for hydroxylation is 1. The largest absolute Gasteiger partial charge is 0.374 e. The van der Waals surface area contributed by atoms with Crippen LogP contribution in [-0.2, 0) is 11.3 Å². The van der Waals surface area contributed by atoms with Gasteiger partial charge >= 0.3 is 0 Å². The number of pyridine rings is 1. The van der Waals surface area contributed by atoms with Crippen LogP contribution >= 0.6 is 0 Å². The second-order valence-electron chi connectivity index (χ2n) is 4.58. The zero-order valence-electron chi connectivity index (χ0n) is 10.6. The van der Waals surface area contributed by atoms with E-state index in [0.29, 0.717) is 6.54 Å². The van der Waals surface area contributed by atoms with Gasteiger partial charge in [-0.2, -0.15) is 0 Å². The van der Waals surface area contributed by atoms with Crippen molar-refractivity contribution in [3.63, 3.8) is 0 Å². The van der Waals surface area contributed by atoms with Gasteiger partial charge in [0.15, 0.2) is 0 Å². The topological polar surface area (TPSA) is 34.5 Å². The lowest BCUT2D eigenvalue weighted by Crippen LogP contribution is -2.44. The average molecular weight is 236 g/mol. The van der Waals surface area contributed by atoms with Crippen molar-refractivity contribution in [3.8, 4) is 0 Å². The maximum Gasteiger partial charge on any atom is 0.250 e. The van der Waals surface area contributed by atoms with E-state index in [1.54, 1.807) is 10.6 Å². The normalized spacial score (nSPS) is 21.6. The second kappa shape index (κ2) is 5.47. The van der Waals surface area contributed by atoms with Gasteiger partial charge in [-0.05, 0) is 25.1 Å². The molecule has 0 radical (unpaired) electrons. The molecule has 0 N–H and O–H groups in total. The number of nitrogens with zero attached hydrogens (tertiary/aromatic N) is 2. The van der Waals surface area contributed by atoms with Gasteiger partial charge in [-0.15, -0.1) is 0 Å². The quantitative estimate of drug-likeness (QED) is 0.781. The van der Waals surface area contributed by atoms with E-state index in [2.05, 4.69) is 11.8 Å². The van der Waals surface area contributed by atoms with Crippen LogP contribution in [0.1, 0.15) is 12.5 Å². The Bertz CT molecular complexity index is 428. The smallest absolute Gasteiger partial charge is 0.250 e. The van der Waals surface area contributed by atoms with Crippen molar-refractivity contribution >= 4 is 0 Å². The second-order valence-corrected chi connectivity index (χ2v) is 4.58. The third-order valence-corrected chi connectivity index (χ3v) is 3.22.